The molecular weight excluding hydrogens is 348 g/mol. The summed E-state index contributed by atoms with van der Waals surface area (Å²) < 4.78 is 25.2. The SMILES string of the molecule is O=C(CCC1CCNC1)Nc1ccccc1CS(=O)(=O)c1ccccc1. The van der Waals surface area contributed by atoms with Gasteiger partial charge in [0.05, 0.1) is 10.6 Å². The molecule has 1 atom stereocenters. The molecule has 0 saturated carbocycles. The van der Waals surface area contributed by atoms with E-state index in [9.17, 15) is 13.2 Å². The van der Waals surface area contributed by atoms with Gasteiger partial charge in [-0.25, -0.2) is 8.42 Å². The average Bonchev–Trinajstić information content (AvgIpc) is 3.16. The van der Waals surface area contributed by atoms with Crippen LogP contribution >= 0.6 is 0 Å². The molecule has 2 N–H and O–H groups in total. The summed E-state index contributed by atoms with van der Waals surface area (Å²) in [4.78, 5) is 12.6. The van der Waals surface area contributed by atoms with Crippen LogP contribution in [0.1, 0.15) is 24.8 Å². The first-order valence-electron chi connectivity index (χ1n) is 8.91. The maximum absolute atomic E-state index is 12.6. The van der Waals surface area contributed by atoms with Crippen molar-refractivity contribution >= 4 is 21.4 Å². The van der Waals surface area contributed by atoms with E-state index in [1.807, 2.05) is 0 Å². The molecule has 138 valence electrons. The molecule has 3 rings (SSSR count). The lowest BCUT2D eigenvalue weighted by Gasteiger charge is -2.13. The first-order valence-corrected chi connectivity index (χ1v) is 10.6. The summed E-state index contributed by atoms with van der Waals surface area (Å²) in [6, 6.07) is 15.5. The summed E-state index contributed by atoms with van der Waals surface area (Å²) >= 11 is 0. The number of carbonyl (C=O) groups is 1. The first kappa shape index (κ1) is 18.6. The van der Waals surface area contributed by atoms with E-state index in [1.165, 1.54) is 0 Å². The lowest BCUT2D eigenvalue weighted by molar-refractivity contribution is -0.116. The Hall–Kier alpha value is -2.18. The normalized spacial score (nSPS) is 17.2. The van der Waals surface area contributed by atoms with Gasteiger partial charge in [0.2, 0.25) is 5.91 Å². The molecule has 0 aromatic heterocycles. The maximum atomic E-state index is 12.6. The van der Waals surface area contributed by atoms with Gasteiger partial charge in [-0.3, -0.25) is 4.79 Å². The van der Waals surface area contributed by atoms with Crippen molar-refractivity contribution in [3.05, 3.63) is 60.2 Å². The molecule has 2 aromatic carbocycles. The molecule has 1 unspecified atom stereocenters. The number of para-hydroxylation sites is 1. The molecule has 1 fully saturated rings. The van der Waals surface area contributed by atoms with Crippen LogP contribution in [0.2, 0.25) is 0 Å². The van der Waals surface area contributed by atoms with Crippen LogP contribution in [0.3, 0.4) is 0 Å². The molecule has 0 spiro atoms. The fourth-order valence-corrected chi connectivity index (χ4v) is 4.59. The number of hydrogen-bond acceptors (Lipinski definition) is 4. The van der Waals surface area contributed by atoms with Crippen LogP contribution in [0.15, 0.2) is 59.5 Å². The van der Waals surface area contributed by atoms with Gasteiger partial charge in [0.25, 0.3) is 0 Å². The number of benzene rings is 2. The van der Waals surface area contributed by atoms with Gasteiger partial charge in [0.1, 0.15) is 0 Å². The third-order valence-corrected chi connectivity index (χ3v) is 6.36. The zero-order valence-electron chi connectivity index (χ0n) is 14.6. The number of carbonyl (C=O) groups excluding carboxylic acids is 1. The van der Waals surface area contributed by atoms with Crippen LogP contribution in [0.25, 0.3) is 0 Å². The molecule has 0 aliphatic carbocycles. The van der Waals surface area contributed by atoms with Crippen molar-refractivity contribution in [2.75, 3.05) is 18.4 Å². The summed E-state index contributed by atoms with van der Waals surface area (Å²) in [5.74, 6) is 0.343. The second-order valence-electron chi connectivity index (χ2n) is 6.67. The highest BCUT2D eigenvalue weighted by Gasteiger charge is 2.19. The Balaban J connectivity index is 1.67. The number of rotatable bonds is 7. The van der Waals surface area contributed by atoms with Crippen molar-refractivity contribution in [2.45, 2.75) is 29.9 Å². The van der Waals surface area contributed by atoms with Crippen molar-refractivity contribution in [3.8, 4) is 0 Å². The monoisotopic (exact) mass is 372 g/mol. The van der Waals surface area contributed by atoms with Gasteiger partial charge >= 0.3 is 0 Å². The van der Waals surface area contributed by atoms with E-state index >= 15 is 0 Å². The molecule has 1 saturated heterocycles. The fraction of sp³-hybridized carbons (Fsp3) is 0.350. The standard InChI is InChI=1S/C20H24N2O3S/c23-20(11-10-16-12-13-21-14-16)22-19-9-5-4-6-17(19)15-26(24,25)18-7-2-1-3-8-18/h1-9,16,21H,10-15H2,(H,22,23). The van der Waals surface area contributed by atoms with Gasteiger partial charge in [0.15, 0.2) is 9.84 Å². The van der Waals surface area contributed by atoms with Gasteiger partial charge in [0, 0.05) is 12.1 Å². The average molecular weight is 372 g/mol. The molecule has 1 heterocycles. The highest BCUT2D eigenvalue weighted by atomic mass is 32.2. The number of anilines is 1. The highest BCUT2D eigenvalue weighted by molar-refractivity contribution is 7.90. The Kier molecular flexibility index (Phi) is 6.06. The van der Waals surface area contributed by atoms with Crippen molar-refractivity contribution < 1.29 is 13.2 Å². The van der Waals surface area contributed by atoms with E-state index in [4.69, 9.17) is 0 Å². The molecule has 0 radical (unpaired) electrons. The van der Waals surface area contributed by atoms with Gasteiger partial charge in [-0.05, 0) is 55.6 Å². The first-order chi connectivity index (χ1) is 12.5. The van der Waals surface area contributed by atoms with Crippen LogP contribution in [0.4, 0.5) is 5.69 Å². The zero-order chi connectivity index (χ0) is 18.4. The number of nitrogens with one attached hydrogen (secondary N) is 2. The molecule has 1 aliphatic rings. The van der Waals surface area contributed by atoms with Crippen LogP contribution in [0, 0.1) is 5.92 Å². The molecule has 5 nitrogen and oxygen atoms in total. The lowest BCUT2D eigenvalue weighted by Crippen LogP contribution is -2.16. The second kappa shape index (κ2) is 8.47. The molecular formula is C20H24N2O3S. The number of amides is 1. The largest absolute Gasteiger partial charge is 0.326 e. The maximum Gasteiger partial charge on any atom is 0.224 e. The van der Waals surface area contributed by atoms with E-state index in [0.29, 0.717) is 23.6 Å². The van der Waals surface area contributed by atoms with Crippen LogP contribution in [0.5, 0.6) is 0 Å². The molecule has 2 aromatic rings. The molecule has 1 aliphatic heterocycles. The van der Waals surface area contributed by atoms with Crippen molar-refractivity contribution in [1.29, 1.82) is 0 Å². The number of hydrogen-bond donors (Lipinski definition) is 2. The summed E-state index contributed by atoms with van der Waals surface area (Å²) in [7, 11) is -3.46. The van der Waals surface area contributed by atoms with E-state index < -0.39 is 9.84 Å². The minimum absolute atomic E-state index is 0.0681. The van der Waals surface area contributed by atoms with Crippen molar-refractivity contribution in [2.24, 2.45) is 5.92 Å². The Morgan fingerprint density at radius 1 is 1.08 bits per heavy atom. The summed E-state index contributed by atoms with van der Waals surface area (Å²) in [6.45, 7) is 1.99. The lowest BCUT2D eigenvalue weighted by atomic mass is 10.0. The van der Waals surface area contributed by atoms with Crippen molar-refractivity contribution in [3.63, 3.8) is 0 Å². The van der Waals surface area contributed by atoms with E-state index in [0.717, 1.165) is 25.9 Å². The Labute approximate surface area is 154 Å². The molecule has 1 amide bonds. The van der Waals surface area contributed by atoms with E-state index in [-0.39, 0.29) is 16.6 Å². The van der Waals surface area contributed by atoms with Crippen LogP contribution in [-0.2, 0) is 20.4 Å². The number of sulfone groups is 1. The summed E-state index contributed by atoms with van der Waals surface area (Å²) in [5, 5.41) is 6.18. The quantitative estimate of drug-likeness (QED) is 0.783. The summed E-state index contributed by atoms with van der Waals surface area (Å²) in [6.07, 6.45) is 2.41. The van der Waals surface area contributed by atoms with E-state index in [2.05, 4.69) is 10.6 Å². The minimum Gasteiger partial charge on any atom is -0.326 e. The highest BCUT2D eigenvalue weighted by Crippen LogP contribution is 2.23. The second-order valence-corrected chi connectivity index (χ2v) is 8.66. The zero-order valence-corrected chi connectivity index (χ0v) is 15.5. The molecule has 26 heavy (non-hydrogen) atoms. The van der Waals surface area contributed by atoms with Crippen molar-refractivity contribution in [1.82, 2.24) is 5.32 Å². The molecule has 0 bridgehead atoms. The van der Waals surface area contributed by atoms with Crippen LogP contribution in [-0.4, -0.2) is 27.4 Å². The van der Waals surface area contributed by atoms with Crippen LogP contribution < -0.4 is 10.6 Å². The van der Waals surface area contributed by atoms with E-state index in [1.54, 1.807) is 54.6 Å². The molecule has 6 heteroatoms. The van der Waals surface area contributed by atoms with Gasteiger partial charge in [-0.2, -0.15) is 0 Å². The topological polar surface area (TPSA) is 75.3 Å². The minimum atomic E-state index is -3.46. The Morgan fingerprint density at radius 3 is 2.54 bits per heavy atom. The fourth-order valence-electron chi connectivity index (χ4n) is 3.19. The van der Waals surface area contributed by atoms with Gasteiger partial charge < -0.3 is 10.6 Å². The predicted octanol–water partition coefficient (Wildman–Crippen LogP) is 2.99. The van der Waals surface area contributed by atoms with Gasteiger partial charge in [-0.15, -0.1) is 0 Å². The Bertz CT molecular complexity index is 844. The summed E-state index contributed by atoms with van der Waals surface area (Å²) in [5.41, 5.74) is 1.17. The van der Waals surface area contributed by atoms with Gasteiger partial charge in [-0.1, -0.05) is 36.4 Å². The smallest absolute Gasteiger partial charge is 0.224 e. The third-order valence-electron chi connectivity index (χ3n) is 4.68. The predicted molar refractivity (Wildman–Crippen MR) is 103 cm³/mol. The third kappa shape index (κ3) is 4.93. The Morgan fingerprint density at radius 2 is 1.81 bits per heavy atom.